The van der Waals surface area contributed by atoms with Gasteiger partial charge in [-0.15, -0.1) is 0 Å². The third-order valence-electron chi connectivity index (χ3n) is 3.67. The van der Waals surface area contributed by atoms with Crippen LogP contribution in [0.15, 0.2) is 41.3 Å². The van der Waals surface area contributed by atoms with Crippen LogP contribution in [0.1, 0.15) is 24.7 Å². The first kappa shape index (κ1) is 11.5. The zero-order chi connectivity index (χ0) is 13.4. The standard InChI is InChI=1S/C15H14N4O/c1-2-13(16-6-1)15-17-7-5-11(19-15)10-3-4-12-14(8-10)20-9-18-12/h3-5,7-9,13,16H,1-2,6H2. The number of aromatic nitrogens is 3. The van der Waals surface area contributed by atoms with Crippen LogP contribution in [0.3, 0.4) is 0 Å². The monoisotopic (exact) mass is 266 g/mol. The van der Waals surface area contributed by atoms with Crippen LogP contribution < -0.4 is 5.32 Å². The SMILES string of the molecule is c1cc(-c2ccc3ncoc3c2)nc(C2CCCN2)n1. The van der Waals surface area contributed by atoms with Gasteiger partial charge in [0.15, 0.2) is 12.0 Å². The van der Waals surface area contributed by atoms with Crippen molar-refractivity contribution in [2.75, 3.05) is 6.54 Å². The maximum Gasteiger partial charge on any atom is 0.181 e. The molecule has 1 saturated heterocycles. The van der Waals surface area contributed by atoms with Gasteiger partial charge in [-0.05, 0) is 37.6 Å². The second-order valence-electron chi connectivity index (χ2n) is 4.98. The minimum atomic E-state index is 0.281. The molecule has 1 aliphatic rings. The summed E-state index contributed by atoms with van der Waals surface area (Å²) >= 11 is 0. The lowest BCUT2D eigenvalue weighted by Gasteiger charge is -2.09. The van der Waals surface area contributed by atoms with E-state index in [4.69, 9.17) is 4.42 Å². The van der Waals surface area contributed by atoms with Crippen LogP contribution in [0.4, 0.5) is 0 Å². The normalized spacial score (nSPS) is 18.7. The van der Waals surface area contributed by atoms with E-state index in [-0.39, 0.29) is 6.04 Å². The smallest absolute Gasteiger partial charge is 0.181 e. The van der Waals surface area contributed by atoms with E-state index < -0.39 is 0 Å². The van der Waals surface area contributed by atoms with Crippen LogP contribution in [0.25, 0.3) is 22.4 Å². The van der Waals surface area contributed by atoms with Crippen molar-refractivity contribution in [2.45, 2.75) is 18.9 Å². The van der Waals surface area contributed by atoms with Crippen LogP contribution >= 0.6 is 0 Å². The molecule has 0 saturated carbocycles. The van der Waals surface area contributed by atoms with Crippen molar-refractivity contribution in [2.24, 2.45) is 0 Å². The first-order valence-corrected chi connectivity index (χ1v) is 6.80. The van der Waals surface area contributed by atoms with E-state index in [1.54, 1.807) is 0 Å². The van der Waals surface area contributed by atoms with Crippen LogP contribution in [0.5, 0.6) is 0 Å². The second-order valence-corrected chi connectivity index (χ2v) is 4.98. The summed E-state index contributed by atoms with van der Waals surface area (Å²) in [5.74, 6) is 0.873. The summed E-state index contributed by atoms with van der Waals surface area (Å²) in [4.78, 5) is 13.2. The van der Waals surface area contributed by atoms with Gasteiger partial charge in [0, 0.05) is 11.8 Å². The van der Waals surface area contributed by atoms with Crippen LogP contribution in [-0.4, -0.2) is 21.5 Å². The summed E-state index contributed by atoms with van der Waals surface area (Å²) in [5, 5.41) is 3.42. The van der Waals surface area contributed by atoms with Crippen molar-refractivity contribution >= 4 is 11.1 Å². The molecule has 5 nitrogen and oxygen atoms in total. The van der Waals surface area contributed by atoms with Gasteiger partial charge in [0.1, 0.15) is 11.3 Å². The molecule has 0 spiro atoms. The Labute approximate surface area is 116 Å². The fraction of sp³-hybridized carbons (Fsp3) is 0.267. The van der Waals surface area contributed by atoms with Crippen molar-refractivity contribution in [3.05, 3.63) is 42.7 Å². The highest BCUT2D eigenvalue weighted by molar-refractivity contribution is 5.78. The maximum atomic E-state index is 5.34. The Hall–Kier alpha value is -2.27. The Bertz CT molecular complexity index is 746. The molecule has 0 amide bonds. The lowest BCUT2D eigenvalue weighted by molar-refractivity contribution is 0.602. The molecule has 3 aromatic rings. The van der Waals surface area contributed by atoms with E-state index in [0.29, 0.717) is 0 Å². The van der Waals surface area contributed by atoms with E-state index in [1.807, 2.05) is 30.5 Å². The Morgan fingerprint density at radius 3 is 3.10 bits per heavy atom. The Kier molecular flexibility index (Phi) is 2.70. The van der Waals surface area contributed by atoms with Crippen molar-refractivity contribution in [1.82, 2.24) is 20.3 Å². The third kappa shape index (κ3) is 1.96. The number of rotatable bonds is 2. The summed E-state index contributed by atoms with van der Waals surface area (Å²) in [5.41, 5.74) is 3.58. The average molecular weight is 266 g/mol. The summed E-state index contributed by atoms with van der Waals surface area (Å²) in [6.45, 7) is 1.04. The predicted octanol–water partition coefficient (Wildman–Crippen LogP) is 2.71. The molecule has 5 heteroatoms. The van der Waals surface area contributed by atoms with Gasteiger partial charge >= 0.3 is 0 Å². The predicted molar refractivity (Wildman–Crippen MR) is 75.0 cm³/mol. The van der Waals surface area contributed by atoms with Gasteiger partial charge in [-0.25, -0.2) is 15.0 Å². The highest BCUT2D eigenvalue weighted by Crippen LogP contribution is 2.25. The summed E-state index contributed by atoms with van der Waals surface area (Å²) in [6.07, 6.45) is 5.57. The van der Waals surface area contributed by atoms with Crippen molar-refractivity contribution in [3.8, 4) is 11.3 Å². The first-order chi connectivity index (χ1) is 9.90. The molecule has 1 aromatic carbocycles. The fourth-order valence-electron chi connectivity index (χ4n) is 2.62. The first-order valence-electron chi connectivity index (χ1n) is 6.80. The number of oxazole rings is 1. The quantitative estimate of drug-likeness (QED) is 0.772. The molecular weight excluding hydrogens is 252 g/mol. The minimum Gasteiger partial charge on any atom is -0.443 e. The van der Waals surface area contributed by atoms with Gasteiger partial charge in [0.2, 0.25) is 0 Å². The molecule has 2 aromatic heterocycles. The second kappa shape index (κ2) is 4.68. The molecule has 1 aliphatic heterocycles. The summed E-state index contributed by atoms with van der Waals surface area (Å²) in [7, 11) is 0. The van der Waals surface area contributed by atoms with Crippen LogP contribution in [-0.2, 0) is 0 Å². The van der Waals surface area contributed by atoms with Crippen LogP contribution in [0.2, 0.25) is 0 Å². The molecule has 20 heavy (non-hydrogen) atoms. The third-order valence-corrected chi connectivity index (χ3v) is 3.67. The van der Waals surface area contributed by atoms with Crippen molar-refractivity contribution < 1.29 is 4.42 Å². The molecule has 1 fully saturated rings. The van der Waals surface area contributed by atoms with Gasteiger partial charge in [0.25, 0.3) is 0 Å². The number of nitrogens with zero attached hydrogens (tertiary/aromatic N) is 3. The lowest BCUT2D eigenvalue weighted by Crippen LogP contribution is -2.15. The van der Waals surface area contributed by atoms with Gasteiger partial charge in [0.05, 0.1) is 11.7 Å². The molecule has 0 bridgehead atoms. The Morgan fingerprint density at radius 2 is 2.20 bits per heavy atom. The fourth-order valence-corrected chi connectivity index (χ4v) is 2.62. The number of fused-ring (bicyclic) bond motifs is 1. The largest absolute Gasteiger partial charge is 0.443 e. The molecule has 0 radical (unpaired) electrons. The molecule has 100 valence electrons. The highest BCUT2D eigenvalue weighted by Gasteiger charge is 2.19. The van der Waals surface area contributed by atoms with Crippen molar-refractivity contribution in [3.63, 3.8) is 0 Å². The topological polar surface area (TPSA) is 63.8 Å². The molecule has 0 aliphatic carbocycles. The average Bonchev–Trinajstić information content (AvgIpc) is 3.18. The lowest BCUT2D eigenvalue weighted by atomic mass is 10.1. The Balaban J connectivity index is 1.75. The van der Waals surface area contributed by atoms with E-state index in [2.05, 4.69) is 20.3 Å². The highest BCUT2D eigenvalue weighted by atomic mass is 16.3. The van der Waals surface area contributed by atoms with E-state index in [1.165, 1.54) is 12.8 Å². The molecular formula is C15H14N4O. The Morgan fingerprint density at radius 1 is 1.20 bits per heavy atom. The minimum absolute atomic E-state index is 0.281. The molecule has 1 atom stereocenters. The molecule has 1 N–H and O–H groups in total. The van der Waals surface area contributed by atoms with Gasteiger partial charge in [-0.3, -0.25) is 0 Å². The number of hydrogen-bond donors (Lipinski definition) is 1. The number of nitrogens with one attached hydrogen (secondary N) is 1. The number of hydrogen-bond acceptors (Lipinski definition) is 5. The van der Waals surface area contributed by atoms with E-state index in [9.17, 15) is 0 Å². The zero-order valence-electron chi connectivity index (χ0n) is 10.9. The van der Waals surface area contributed by atoms with Gasteiger partial charge < -0.3 is 9.73 Å². The van der Waals surface area contributed by atoms with Gasteiger partial charge in [-0.1, -0.05) is 6.07 Å². The van der Waals surface area contributed by atoms with Gasteiger partial charge in [-0.2, -0.15) is 0 Å². The zero-order valence-corrected chi connectivity index (χ0v) is 10.9. The molecule has 4 rings (SSSR count). The maximum absolute atomic E-state index is 5.34. The summed E-state index contributed by atoms with van der Waals surface area (Å²) < 4.78 is 5.34. The molecule has 3 heterocycles. The van der Waals surface area contributed by atoms with E-state index >= 15 is 0 Å². The van der Waals surface area contributed by atoms with Crippen molar-refractivity contribution in [1.29, 1.82) is 0 Å². The van der Waals surface area contributed by atoms with E-state index in [0.717, 1.165) is 41.1 Å². The molecule has 1 unspecified atom stereocenters. The number of benzene rings is 1. The van der Waals surface area contributed by atoms with Crippen LogP contribution in [0, 0.1) is 0 Å². The summed E-state index contributed by atoms with van der Waals surface area (Å²) in [6, 6.07) is 8.14.